The molecule has 0 saturated carbocycles. The summed E-state index contributed by atoms with van der Waals surface area (Å²) in [5.41, 5.74) is 4.95. The average molecular weight is 332 g/mol. The minimum Gasteiger partial charge on any atom is -0.368 e. The summed E-state index contributed by atoms with van der Waals surface area (Å²) >= 11 is 5.84. The van der Waals surface area contributed by atoms with E-state index in [1.54, 1.807) is 0 Å². The van der Waals surface area contributed by atoms with Gasteiger partial charge in [-0.3, -0.25) is 9.59 Å². The number of hydrogen-bond acceptors (Lipinski definition) is 4. The number of rotatable bonds is 7. The summed E-state index contributed by atoms with van der Waals surface area (Å²) in [6.45, 7) is 3.07. The Balaban J connectivity index is 3.07. The van der Waals surface area contributed by atoms with Gasteiger partial charge in [-0.05, 0) is 18.2 Å². The van der Waals surface area contributed by atoms with Crippen molar-refractivity contribution in [1.29, 1.82) is 0 Å². The fourth-order valence-electron chi connectivity index (χ4n) is 1.37. The van der Waals surface area contributed by atoms with Gasteiger partial charge in [-0.2, -0.15) is 0 Å². The lowest BCUT2D eigenvalue weighted by Crippen LogP contribution is -2.33. The van der Waals surface area contributed by atoms with Crippen molar-refractivity contribution in [2.45, 2.75) is 4.90 Å². The van der Waals surface area contributed by atoms with Crippen LogP contribution in [-0.2, 0) is 14.8 Å². The molecule has 21 heavy (non-hydrogen) atoms. The van der Waals surface area contributed by atoms with Crippen molar-refractivity contribution in [2.24, 2.45) is 5.73 Å². The zero-order valence-corrected chi connectivity index (χ0v) is 12.5. The van der Waals surface area contributed by atoms with E-state index in [2.05, 4.69) is 16.6 Å². The van der Waals surface area contributed by atoms with Gasteiger partial charge in [0.2, 0.25) is 15.9 Å². The minimum absolute atomic E-state index is 0.0246. The van der Waals surface area contributed by atoms with E-state index in [1.807, 2.05) is 0 Å². The van der Waals surface area contributed by atoms with Gasteiger partial charge in [0, 0.05) is 12.1 Å². The first-order valence-electron chi connectivity index (χ1n) is 5.74. The molecule has 0 saturated heterocycles. The number of sulfonamides is 1. The van der Waals surface area contributed by atoms with E-state index < -0.39 is 21.8 Å². The van der Waals surface area contributed by atoms with Crippen LogP contribution in [0.25, 0.3) is 0 Å². The number of carbonyl (C=O) groups excluding carboxylic acids is 2. The third-order valence-corrected chi connectivity index (χ3v) is 4.23. The smallest absolute Gasteiger partial charge is 0.251 e. The molecule has 7 nitrogen and oxygen atoms in total. The molecular weight excluding hydrogens is 318 g/mol. The van der Waals surface area contributed by atoms with E-state index in [0.717, 1.165) is 6.07 Å². The van der Waals surface area contributed by atoms with Crippen LogP contribution in [0, 0.1) is 0 Å². The molecule has 0 aliphatic rings. The van der Waals surface area contributed by atoms with Gasteiger partial charge in [0.25, 0.3) is 5.91 Å². The molecule has 0 unspecified atom stereocenters. The van der Waals surface area contributed by atoms with Gasteiger partial charge in [-0.1, -0.05) is 17.7 Å². The van der Waals surface area contributed by atoms with Gasteiger partial charge in [0.05, 0.1) is 11.6 Å². The summed E-state index contributed by atoms with van der Waals surface area (Å²) in [6.07, 6.45) is 1.37. The second-order valence-corrected chi connectivity index (χ2v) is 6.08. The van der Waals surface area contributed by atoms with E-state index in [0.29, 0.717) is 0 Å². The molecule has 114 valence electrons. The second-order valence-electron chi connectivity index (χ2n) is 3.93. The van der Waals surface area contributed by atoms with E-state index in [1.165, 1.54) is 18.2 Å². The van der Waals surface area contributed by atoms with Gasteiger partial charge in [0.1, 0.15) is 4.90 Å². The number of nitrogens with two attached hydrogens (primary N) is 1. The molecule has 4 N–H and O–H groups in total. The topological polar surface area (TPSA) is 118 Å². The zero-order valence-electron chi connectivity index (χ0n) is 10.9. The molecular formula is C12H14ClN3O4S. The lowest BCUT2D eigenvalue weighted by atomic mass is 10.2. The first-order chi connectivity index (χ1) is 9.77. The van der Waals surface area contributed by atoms with Crippen LogP contribution >= 0.6 is 11.6 Å². The lowest BCUT2D eigenvalue weighted by Gasteiger charge is -2.09. The summed E-state index contributed by atoms with van der Waals surface area (Å²) < 4.78 is 26.3. The van der Waals surface area contributed by atoms with E-state index in [4.69, 9.17) is 17.3 Å². The van der Waals surface area contributed by atoms with Crippen molar-refractivity contribution in [2.75, 3.05) is 13.1 Å². The Bertz CT molecular complexity index is 673. The molecule has 9 heteroatoms. The number of benzene rings is 1. The number of hydrogen-bond donors (Lipinski definition) is 3. The van der Waals surface area contributed by atoms with Crippen molar-refractivity contribution in [1.82, 2.24) is 10.0 Å². The van der Waals surface area contributed by atoms with Gasteiger partial charge < -0.3 is 11.1 Å². The second kappa shape index (κ2) is 7.21. The quantitative estimate of drug-likeness (QED) is 0.610. The summed E-state index contributed by atoms with van der Waals surface area (Å²) in [6, 6.07) is 3.73. The van der Waals surface area contributed by atoms with Crippen molar-refractivity contribution in [3.63, 3.8) is 0 Å². The van der Waals surface area contributed by atoms with Crippen molar-refractivity contribution >= 4 is 33.4 Å². The molecule has 1 aromatic carbocycles. The summed E-state index contributed by atoms with van der Waals surface area (Å²) in [4.78, 5) is 22.1. The molecule has 0 bridgehead atoms. The molecule has 0 spiro atoms. The lowest BCUT2D eigenvalue weighted by molar-refractivity contribution is -0.117. The van der Waals surface area contributed by atoms with Crippen LogP contribution in [0.15, 0.2) is 35.7 Å². The highest BCUT2D eigenvalue weighted by Crippen LogP contribution is 2.22. The maximum atomic E-state index is 12.0. The molecule has 0 heterocycles. The number of amides is 2. The Kier molecular flexibility index (Phi) is 5.89. The van der Waals surface area contributed by atoms with Crippen molar-refractivity contribution in [3.8, 4) is 0 Å². The number of primary amides is 1. The highest BCUT2D eigenvalue weighted by Gasteiger charge is 2.19. The Morgan fingerprint density at radius 1 is 1.38 bits per heavy atom. The summed E-state index contributed by atoms with van der Waals surface area (Å²) in [5, 5.41) is 2.22. The Labute approximate surface area is 127 Å². The third kappa shape index (κ3) is 4.85. The molecule has 0 fully saturated rings. The van der Waals surface area contributed by atoms with E-state index in [9.17, 15) is 18.0 Å². The van der Waals surface area contributed by atoms with Gasteiger partial charge >= 0.3 is 0 Å². The predicted octanol–water partition coefficient (Wildman–Crippen LogP) is 0.0194. The SMILES string of the molecule is C=CCNS(=O)(=O)c1cc(C(=O)NCC(N)=O)ccc1Cl. The molecule has 0 radical (unpaired) electrons. The summed E-state index contributed by atoms with van der Waals surface area (Å²) in [7, 11) is -3.87. The van der Waals surface area contributed by atoms with Crippen LogP contribution in [0.3, 0.4) is 0 Å². The minimum atomic E-state index is -3.87. The van der Waals surface area contributed by atoms with Crippen LogP contribution in [0.1, 0.15) is 10.4 Å². The monoisotopic (exact) mass is 331 g/mol. The normalized spacial score (nSPS) is 10.9. The molecule has 2 amide bonds. The highest BCUT2D eigenvalue weighted by atomic mass is 35.5. The van der Waals surface area contributed by atoms with Crippen molar-refractivity contribution < 1.29 is 18.0 Å². The first kappa shape index (κ1) is 17.2. The standard InChI is InChI=1S/C12H14ClN3O4S/c1-2-5-16-21(19,20)10-6-8(3-4-9(10)13)12(18)15-7-11(14)17/h2-4,6,16H,1,5,7H2,(H2,14,17)(H,15,18). The van der Waals surface area contributed by atoms with Crippen LogP contribution < -0.4 is 15.8 Å². The molecule has 0 aliphatic heterocycles. The number of halogens is 1. The Morgan fingerprint density at radius 3 is 2.62 bits per heavy atom. The third-order valence-electron chi connectivity index (χ3n) is 2.32. The fraction of sp³-hybridized carbons (Fsp3) is 0.167. The first-order valence-corrected chi connectivity index (χ1v) is 7.60. The van der Waals surface area contributed by atoms with Crippen molar-refractivity contribution in [3.05, 3.63) is 41.4 Å². The molecule has 1 aromatic rings. The number of nitrogens with one attached hydrogen (secondary N) is 2. The van der Waals surface area contributed by atoms with Gasteiger partial charge in [0.15, 0.2) is 0 Å². The van der Waals surface area contributed by atoms with E-state index >= 15 is 0 Å². The van der Waals surface area contributed by atoms with Gasteiger partial charge in [-0.25, -0.2) is 13.1 Å². The Hall–Kier alpha value is -1.90. The van der Waals surface area contributed by atoms with Crippen LogP contribution in [0.2, 0.25) is 5.02 Å². The molecule has 0 aliphatic carbocycles. The fourth-order valence-corrected chi connectivity index (χ4v) is 2.89. The average Bonchev–Trinajstić information content (AvgIpc) is 2.42. The van der Waals surface area contributed by atoms with Crippen LogP contribution in [0.5, 0.6) is 0 Å². The predicted molar refractivity (Wildman–Crippen MR) is 78.4 cm³/mol. The Morgan fingerprint density at radius 2 is 2.05 bits per heavy atom. The largest absolute Gasteiger partial charge is 0.368 e. The maximum absolute atomic E-state index is 12.0. The van der Waals surface area contributed by atoms with Crippen LogP contribution in [0.4, 0.5) is 0 Å². The zero-order chi connectivity index (χ0) is 16.0. The maximum Gasteiger partial charge on any atom is 0.251 e. The number of carbonyl (C=O) groups is 2. The van der Waals surface area contributed by atoms with E-state index in [-0.39, 0.29) is 28.6 Å². The van der Waals surface area contributed by atoms with Gasteiger partial charge in [-0.15, -0.1) is 6.58 Å². The highest BCUT2D eigenvalue weighted by molar-refractivity contribution is 7.89. The summed E-state index contributed by atoms with van der Waals surface area (Å²) in [5.74, 6) is -1.34. The van der Waals surface area contributed by atoms with Crippen LogP contribution in [-0.4, -0.2) is 33.3 Å². The molecule has 0 atom stereocenters. The molecule has 1 rings (SSSR count). The molecule has 0 aromatic heterocycles.